The molecule has 0 bridgehead atoms. The Morgan fingerprint density at radius 3 is 3.00 bits per heavy atom. The van der Waals surface area contributed by atoms with Gasteiger partial charge >= 0.3 is 0 Å². The minimum atomic E-state index is 0. The maximum absolute atomic E-state index is 5.73. The van der Waals surface area contributed by atoms with E-state index in [4.69, 9.17) is 9.47 Å². The molecule has 0 amide bonds. The van der Waals surface area contributed by atoms with Crippen molar-refractivity contribution in [3.05, 3.63) is 34.3 Å². The highest BCUT2D eigenvalue weighted by Crippen LogP contribution is 2.11. The fraction of sp³-hybridized carbons (Fsp3) is 0.562. The molecule has 7 heteroatoms. The average Bonchev–Trinajstić information content (AvgIpc) is 3.03. The normalized spacial score (nSPS) is 17.7. The Morgan fingerprint density at radius 2 is 2.30 bits per heavy atom. The van der Waals surface area contributed by atoms with Crippen LogP contribution in [0.1, 0.15) is 18.4 Å². The van der Waals surface area contributed by atoms with Crippen LogP contribution in [-0.4, -0.2) is 45.5 Å². The highest BCUT2D eigenvalue weighted by Gasteiger charge is 2.15. The summed E-state index contributed by atoms with van der Waals surface area (Å²) in [5.74, 6) is 0.809. The molecular weight excluding hydrogens is 473 g/mol. The summed E-state index contributed by atoms with van der Waals surface area (Å²) in [5.41, 5.74) is 1.21. The average molecular weight is 498 g/mol. The Balaban J connectivity index is 0.00000264. The van der Waals surface area contributed by atoms with E-state index < -0.39 is 0 Å². The van der Waals surface area contributed by atoms with E-state index in [0.29, 0.717) is 0 Å². The van der Waals surface area contributed by atoms with Gasteiger partial charge in [0.25, 0.3) is 0 Å². The van der Waals surface area contributed by atoms with Crippen molar-refractivity contribution in [1.82, 2.24) is 10.6 Å². The third kappa shape index (κ3) is 8.32. The smallest absolute Gasteiger partial charge is 0.191 e. The molecule has 1 atom stereocenters. The number of aliphatic imine (C=N–C) groups is 1. The zero-order valence-corrected chi connectivity index (χ0v) is 17.3. The van der Waals surface area contributed by atoms with Crippen LogP contribution in [0, 0.1) is 0 Å². The van der Waals surface area contributed by atoms with Crippen LogP contribution < -0.4 is 10.6 Å². The quantitative estimate of drug-likeness (QED) is 0.263. The number of halogens is 2. The Bertz CT molecular complexity index is 482. The van der Waals surface area contributed by atoms with Gasteiger partial charge in [-0.1, -0.05) is 28.1 Å². The van der Waals surface area contributed by atoms with E-state index in [1.165, 1.54) is 5.56 Å². The van der Waals surface area contributed by atoms with Crippen molar-refractivity contribution in [2.45, 2.75) is 25.5 Å². The fourth-order valence-electron chi connectivity index (χ4n) is 2.23. The highest BCUT2D eigenvalue weighted by atomic mass is 127. The number of nitrogens with zero attached hydrogens (tertiary/aromatic N) is 1. The van der Waals surface area contributed by atoms with Crippen molar-refractivity contribution in [2.75, 3.05) is 33.4 Å². The van der Waals surface area contributed by atoms with E-state index in [-0.39, 0.29) is 30.1 Å². The van der Waals surface area contributed by atoms with Gasteiger partial charge < -0.3 is 20.1 Å². The monoisotopic (exact) mass is 497 g/mol. The van der Waals surface area contributed by atoms with Gasteiger partial charge in [0.15, 0.2) is 5.96 Å². The first-order valence-corrected chi connectivity index (χ1v) is 8.45. The predicted molar refractivity (Wildman–Crippen MR) is 108 cm³/mol. The third-order valence-electron chi connectivity index (χ3n) is 3.43. The second-order valence-corrected chi connectivity index (χ2v) is 6.11. The number of guanidine groups is 1. The number of rotatable bonds is 7. The van der Waals surface area contributed by atoms with Gasteiger partial charge in [-0.05, 0) is 30.5 Å². The molecule has 0 spiro atoms. The first-order valence-electron chi connectivity index (χ1n) is 7.66. The van der Waals surface area contributed by atoms with Gasteiger partial charge in [-0.2, -0.15) is 0 Å². The van der Waals surface area contributed by atoms with Gasteiger partial charge in [0.2, 0.25) is 0 Å². The van der Waals surface area contributed by atoms with Crippen LogP contribution in [-0.2, 0) is 16.0 Å². The molecule has 1 heterocycles. The van der Waals surface area contributed by atoms with Crippen LogP contribution in [0.15, 0.2) is 33.7 Å². The van der Waals surface area contributed by atoms with E-state index in [1.807, 2.05) is 12.1 Å². The molecule has 0 aromatic heterocycles. The summed E-state index contributed by atoms with van der Waals surface area (Å²) in [7, 11) is 1.78. The van der Waals surface area contributed by atoms with Crippen molar-refractivity contribution in [1.29, 1.82) is 0 Å². The number of ether oxygens (including phenoxy) is 2. The summed E-state index contributed by atoms with van der Waals surface area (Å²) in [5, 5.41) is 6.60. The Kier molecular flexibility index (Phi) is 10.8. The predicted octanol–water partition coefficient (Wildman–Crippen LogP) is 2.93. The van der Waals surface area contributed by atoms with E-state index >= 15 is 0 Å². The number of nitrogens with one attached hydrogen (secondary N) is 2. The summed E-state index contributed by atoms with van der Waals surface area (Å²) < 4.78 is 12.1. The molecule has 5 nitrogen and oxygen atoms in total. The fourth-order valence-corrected chi connectivity index (χ4v) is 2.67. The maximum atomic E-state index is 5.73. The first kappa shape index (κ1) is 20.7. The van der Waals surface area contributed by atoms with Crippen LogP contribution in [0.2, 0.25) is 0 Å². The second-order valence-electron chi connectivity index (χ2n) is 5.19. The number of benzene rings is 1. The highest BCUT2D eigenvalue weighted by molar-refractivity contribution is 14.0. The minimum absolute atomic E-state index is 0. The molecule has 2 rings (SSSR count). The zero-order chi connectivity index (χ0) is 15.6. The molecule has 130 valence electrons. The molecule has 1 saturated heterocycles. The number of hydrogen-bond acceptors (Lipinski definition) is 3. The SMILES string of the molecule is CN=C(NCCCOC1CCOC1)NCc1cccc(Br)c1.I. The minimum Gasteiger partial charge on any atom is -0.379 e. The molecule has 23 heavy (non-hydrogen) atoms. The van der Waals surface area contributed by atoms with Gasteiger partial charge in [-0.3, -0.25) is 4.99 Å². The Morgan fingerprint density at radius 1 is 1.43 bits per heavy atom. The zero-order valence-electron chi connectivity index (χ0n) is 13.4. The first-order chi connectivity index (χ1) is 10.8. The van der Waals surface area contributed by atoms with Crippen molar-refractivity contribution in [3.63, 3.8) is 0 Å². The lowest BCUT2D eigenvalue weighted by Gasteiger charge is -2.13. The van der Waals surface area contributed by atoms with Crippen molar-refractivity contribution in [2.24, 2.45) is 4.99 Å². The molecular formula is C16H25BrIN3O2. The van der Waals surface area contributed by atoms with Crippen molar-refractivity contribution in [3.8, 4) is 0 Å². The van der Waals surface area contributed by atoms with E-state index in [0.717, 1.165) is 56.2 Å². The summed E-state index contributed by atoms with van der Waals surface area (Å²) >= 11 is 3.48. The lowest BCUT2D eigenvalue weighted by atomic mass is 10.2. The molecule has 1 aromatic carbocycles. The molecule has 1 fully saturated rings. The molecule has 1 unspecified atom stereocenters. The van der Waals surface area contributed by atoms with Gasteiger partial charge in [-0.25, -0.2) is 0 Å². The summed E-state index contributed by atoms with van der Waals surface area (Å²) in [6.07, 6.45) is 2.26. The summed E-state index contributed by atoms with van der Waals surface area (Å²) in [6.45, 7) is 3.91. The Hall–Kier alpha value is -0.380. The van der Waals surface area contributed by atoms with Gasteiger partial charge in [0.1, 0.15) is 0 Å². The van der Waals surface area contributed by atoms with E-state index in [2.05, 4.69) is 43.7 Å². The van der Waals surface area contributed by atoms with Crippen LogP contribution in [0.4, 0.5) is 0 Å². The van der Waals surface area contributed by atoms with Crippen LogP contribution in [0.25, 0.3) is 0 Å². The molecule has 1 aromatic rings. The summed E-state index contributed by atoms with van der Waals surface area (Å²) in [6, 6.07) is 8.23. The van der Waals surface area contributed by atoms with Crippen molar-refractivity contribution >= 4 is 45.9 Å². The number of hydrogen-bond donors (Lipinski definition) is 2. The lowest BCUT2D eigenvalue weighted by molar-refractivity contribution is 0.0420. The lowest BCUT2D eigenvalue weighted by Crippen LogP contribution is -2.37. The van der Waals surface area contributed by atoms with Gasteiger partial charge in [-0.15, -0.1) is 24.0 Å². The third-order valence-corrected chi connectivity index (χ3v) is 3.92. The molecule has 1 aliphatic heterocycles. The molecule has 0 radical (unpaired) electrons. The van der Waals surface area contributed by atoms with Gasteiger partial charge in [0.05, 0.1) is 12.7 Å². The standard InChI is InChI=1S/C16H24BrN3O2.HI/c1-18-16(20-11-13-4-2-5-14(17)10-13)19-7-3-8-22-15-6-9-21-12-15;/h2,4-5,10,15H,3,6-9,11-12H2,1H3,(H2,18,19,20);1H. The topological polar surface area (TPSA) is 54.9 Å². The second kappa shape index (κ2) is 12.0. The van der Waals surface area contributed by atoms with Gasteiger partial charge in [0, 0.05) is 37.8 Å². The molecule has 2 N–H and O–H groups in total. The van der Waals surface area contributed by atoms with E-state index in [9.17, 15) is 0 Å². The van der Waals surface area contributed by atoms with Crippen LogP contribution in [0.5, 0.6) is 0 Å². The van der Waals surface area contributed by atoms with Crippen LogP contribution >= 0.6 is 39.9 Å². The van der Waals surface area contributed by atoms with E-state index in [1.54, 1.807) is 7.05 Å². The molecule has 1 aliphatic rings. The maximum Gasteiger partial charge on any atom is 0.191 e. The van der Waals surface area contributed by atoms with Crippen LogP contribution in [0.3, 0.4) is 0 Å². The summed E-state index contributed by atoms with van der Waals surface area (Å²) in [4.78, 5) is 4.22. The Labute approximate surface area is 163 Å². The molecule has 0 saturated carbocycles. The largest absolute Gasteiger partial charge is 0.379 e. The molecule has 0 aliphatic carbocycles. The van der Waals surface area contributed by atoms with Crippen molar-refractivity contribution < 1.29 is 9.47 Å².